The first-order valence-corrected chi connectivity index (χ1v) is 7.55. The fourth-order valence-electron chi connectivity index (χ4n) is 1.81. The zero-order chi connectivity index (χ0) is 15.8. The van der Waals surface area contributed by atoms with E-state index in [1.807, 2.05) is 30.3 Å². The minimum atomic E-state index is -0.558. The smallest absolute Gasteiger partial charge is 0.284 e. The van der Waals surface area contributed by atoms with Gasteiger partial charge in [-0.15, -0.1) is 11.3 Å². The zero-order valence-electron chi connectivity index (χ0n) is 11.8. The summed E-state index contributed by atoms with van der Waals surface area (Å²) in [4.78, 5) is 24.0. The van der Waals surface area contributed by atoms with Crippen molar-refractivity contribution in [1.82, 2.24) is 10.8 Å². The minimum absolute atomic E-state index is 0.183. The Hall–Kier alpha value is -2.44. The number of hydrogen-bond acceptors (Lipinski definition) is 4. The standard InChI is InChI=1S/C16H16N2O3S/c19-15(17-11-10-12-4-2-1-3-5-12)9-7-13-6-8-14(22-13)16(20)18-21/h1-9,21H,10-11H2,(H,17,19)(H,18,20)/b9-7+. The maximum atomic E-state index is 11.7. The minimum Gasteiger partial charge on any atom is -0.352 e. The second kappa shape index (κ2) is 8.11. The third-order valence-electron chi connectivity index (χ3n) is 2.91. The Morgan fingerprint density at radius 2 is 1.91 bits per heavy atom. The molecular weight excluding hydrogens is 300 g/mol. The molecule has 1 aromatic carbocycles. The highest BCUT2D eigenvalue weighted by molar-refractivity contribution is 7.14. The first-order valence-electron chi connectivity index (χ1n) is 6.73. The van der Waals surface area contributed by atoms with Crippen molar-refractivity contribution in [1.29, 1.82) is 0 Å². The van der Waals surface area contributed by atoms with Gasteiger partial charge in [0.1, 0.15) is 0 Å². The van der Waals surface area contributed by atoms with E-state index in [0.29, 0.717) is 11.4 Å². The van der Waals surface area contributed by atoms with Gasteiger partial charge in [-0.25, -0.2) is 5.48 Å². The highest BCUT2D eigenvalue weighted by atomic mass is 32.1. The lowest BCUT2D eigenvalue weighted by atomic mass is 10.1. The lowest BCUT2D eigenvalue weighted by molar-refractivity contribution is -0.116. The van der Waals surface area contributed by atoms with Crippen LogP contribution in [0.1, 0.15) is 20.1 Å². The van der Waals surface area contributed by atoms with Crippen molar-refractivity contribution in [2.75, 3.05) is 6.54 Å². The highest BCUT2D eigenvalue weighted by Gasteiger charge is 2.06. The van der Waals surface area contributed by atoms with Crippen molar-refractivity contribution in [2.24, 2.45) is 0 Å². The molecule has 0 unspecified atom stereocenters. The molecule has 0 fully saturated rings. The summed E-state index contributed by atoms with van der Waals surface area (Å²) in [6, 6.07) is 13.2. The molecule has 2 amide bonds. The maximum Gasteiger partial charge on any atom is 0.284 e. The second-order valence-electron chi connectivity index (χ2n) is 4.50. The Morgan fingerprint density at radius 3 is 2.64 bits per heavy atom. The number of benzene rings is 1. The number of hydroxylamine groups is 1. The van der Waals surface area contributed by atoms with E-state index in [9.17, 15) is 9.59 Å². The zero-order valence-corrected chi connectivity index (χ0v) is 12.6. The average molecular weight is 316 g/mol. The summed E-state index contributed by atoms with van der Waals surface area (Å²) < 4.78 is 0. The third-order valence-corrected chi connectivity index (χ3v) is 3.96. The molecule has 0 aliphatic carbocycles. The molecule has 0 saturated heterocycles. The fraction of sp³-hybridized carbons (Fsp3) is 0.125. The first-order chi connectivity index (χ1) is 10.7. The Labute approximate surface area is 132 Å². The third kappa shape index (κ3) is 4.83. The van der Waals surface area contributed by atoms with Gasteiger partial charge in [0.2, 0.25) is 5.91 Å². The van der Waals surface area contributed by atoms with Gasteiger partial charge >= 0.3 is 0 Å². The number of hydrogen-bond donors (Lipinski definition) is 3. The number of nitrogens with one attached hydrogen (secondary N) is 2. The van der Waals surface area contributed by atoms with Crippen LogP contribution in [0.5, 0.6) is 0 Å². The van der Waals surface area contributed by atoms with Crippen LogP contribution in [0, 0.1) is 0 Å². The normalized spacial score (nSPS) is 10.6. The predicted octanol–water partition coefficient (Wildman–Crippen LogP) is 2.24. The molecular formula is C16H16N2O3S. The SMILES string of the molecule is O=C(/C=C/c1ccc(C(=O)NO)s1)NCCc1ccccc1. The molecule has 5 nitrogen and oxygen atoms in total. The van der Waals surface area contributed by atoms with Crippen molar-refractivity contribution in [2.45, 2.75) is 6.42 Å². The van der Waals surface area contributed by atoms with Crippen LogP contribution in [-0.4, -0.2) is 23.6 Å². The van der Waals surface area contributed by atoms with Crippen LogP contribution in [0.25, 0.3) is 6.08 Å². The van der Waals surface area contributed by atoms with E-state index in [4.69, 9.17) is 5.21 Å². The van der Waals surface area contributed by atoms with Gasteiger partial charge in [-0.1, -0.05) is 30.3 Å². The van der Waals surface area contributed by atoms with Gasteiger partial charge in [-0.3, -0.25) is 14.8 Å². The Kier molecular flexibility index (Phi) is 5.88. The summed E-state index contributed by atoms with van der Waals surface area (Å²) >= 11 is 1.19. The van der Waals surface area contributed by atoms with Gasteiger partial charge < -0.3 is 5.32 Å². The molecule has 0 aliphatic heterocycles. The van der Waals surface area contributed by atoms with Crippen molar-refractivity contribution >= 4 is 29.2 Å². The number of carbonyl (C=O) groups excluding carboxylic acids is 2. The summed E-state index contributed by atoms with van der Waals surface area (Å²) in [5.41, 5.74) is 2.74. The molecule has 1 aromatic heterocycles. The quantitative estimate of drug-likeness (QED) is 0.434. The van der Waals surface area contributed by atoms with E-state index in [-0.39, 0.29) is 5.91 Å². The fourth-order valence-corrected chi connectivity index (χ4v) is 2.61. The molecule has 0 bridgehead atoms. The molecule has 6 heteroatoms. The van der Waals surface area contributed by atoms with E-state index in [1.165, 1.54) is 23.0 Å². The van der Waals surface area contributed by atoms with Crippen LogP contribution in [0.3, 0.4) is 0 Å². The van der Waals surface area contributed by atoms with Crippen LogP contribution in [0.4, 0.5) is 0 Å². The Bertz CT molecular complexity index is 665. The predicted molar refractivity (Wildman–Crippen MR) is 85.8 cm³/mol. The number of rotatable bonds is 6. The number of amides is 2. The van der Waals surface area contributed by atoms with E-state index in [0.717, 1.165) is 11.3 Å². The van der Waals surface area contributed by atoms with E-state index >= 15 is 0 Å². The molecule has 0 saturated carbocycles. The molecule has 114 valence electrons. The van der Waals surface area contributed by atoms with Crippen LogP contribution >= 0.6 is 11.3 Å². The van der Waals surface area contributed by atoms with Crippen molar-refractivity contribution in [3.05, 3.63) is 63.9 Å². The maximum absolute atomic E-state index is 11.7. The van der Waals surface area contributed by atoms with Crippen molar-refractivity contribution in [3.8, 4) is 0 Å². The molecule has 0 aliphatic rings. The van der Waals surface area contributed by atoms with Gasteiger partial charge in [0.05, 0.1) is 4.88 Å². The average Bonchev–Trinajstić information content (AvgIpc) is 3.02. The molecule has 22 heavy (non-hydrogen) atoms. The van der Waals surface area contributed by atoms with Gasteiger partial charge in [0.15, 0.2) is 0 Å². The van der Waals surface area contributed by atoms with Crippen molar-refractivity contribution < 1.29 is 14.8 Å². The van der Waals surface area contributed by atoms with Crippen molar-refractivity contribution in [3.63, 3.8) is 0 Å². The van der Waals surface area contributed by atoms with Crippen LogP contribution in [0.2, 0.25) is 0 Å². The summed E-state index contributed by atoms with van der Waals surface area (Å²) in [5, 5.41) is 11.3. The molecule has 0 spiro atoms. The molecule has 3 N–H and O–H groups in total. The number of carbonyl (C=O) groups is 2. The lowest BCUT2D eigenvalue weighted by Crippen LogP contribution is -2.23. The summed E-state index contributed by atoms with van der Waals surface area (Å²) in [7, 11) is 0. The van der Waals surface area contributed by atoms with Crippen LogP contribution in [0.15, 0.2) is 48.5 Å². The largest absolute Gasteiger partial charge is 0.352 e. The second-order valence-corrected chi connectivity index (χ2v) is 5.62. The van der Waals surface area contributed by atoms with Gasteiger partial charge in [-0.05, 0) is 30.2 Å². The number of thiophene rings is 1. The monoisotopic (exact) mass is 316 g/mol. The lowest BCUT2D eigenvalue weighted by Gasteiger charge is -2.02. The molecule has 2 aromatic rings. The summed E-state index contributed by atoms with van der Waals surface area (Å²) in [6.07, 6.45) is 3.84. The van der Waals surface area contributed by atoms with E-state index < -0.39 is 5.91 Å². The molecule has 1 heterocycles. The Morgan fingerprint density at radius 1 is 1.14 bits per heavy atom. The Balaban J connectivity index is 1.79. The van der Waals surface area contributed by atoms with Gasteiger partial charge in [-0.2, -0.15) is 0 Å². The topological polar surface area (TPSA) is 78.4 Å². The van der Waals surface area contributed by atoms with E-state index in [1.54, 1.807) is 23.7 Å². The summed E-state index contributed by atoms with van der Waals surface area (Å²) in [5.74, 6) is -0.741. The van der Waals surface area contributed by atoms with Gasteiger partial charge in [0.25, 0.3) is 5.91 Å². The molecule has 0 atom stereocenters. The van der Waals surface area contributed by atoms with Crippen LogP contribution < -0.4 is 10.8 Å². The first kappa shape index (κ1) is 15.9. The highest BCUT2D eigenvalue weighted by Crippen LogP contribution is 2.17. The molecule has 2 rings (SSSR count). The summed E-state index contributed by atoms with van der Waals surface area (Å²) in [6.45, 7) is 0.565. The van der Waals surface area contributed by atoms with Gasteiger partial charge in [0, 0.05) is 17.5 Å². The van der Waals surface area contributed by atoms with Crippen LogP contribution in [-0.2, 0) is 11.2 Å². The van der Waals surface area contributed by atoms with E-state index in [2.05, 4.69) is 5.32 Å². The molecule has 0 radical (unpaired) electrons.